The van der Waals surface area contributed by atoms with Gasteiger partial charge in [-0.1, -0.05) is 37.3 Å². The van der Waals surface area contributed by atoms with Crippen molar-refractivity contribution in [3.05, 3.63) is 71.3 Å². The van der Waals surface area contributed by atoms with E-state index in [0.29, 0.717) is 53.1 Å². The minimum atomic E-state index is -0.203. The molecule has 38 heavy (non-hydrogen) atoms. The van der Waals surface area contributed by atoms with Crippen LogP contribution in [-0.4, -0.2) is 45.8 Å². The first kappa shape index (κ1) is 28.9. The zero-order chi connectivity index (χ0) is 27.5. The van der Waals surface area contributed by atoms with Crippen molar-refractivity contribution in [3.63, 3.8) is 0 Å². The van der Waals surface area contributed by atoms with Crippen LogP contribution in [0, 0.1) is 0 Å². The van der Waals surface area contributed by atoms with Gasteiger partial charge in [0, 0.05) is 24.0 Å². The van der Waals surface area contributed by atoms with Gasteiger partial charge in [-0.15, -0.1) is 11.8 Å². The summed E-state index contributed by atoms with van der Waals surface area (Å²) < 4.78 is 28.1. The number of thioether (sulfide) groups is 1. The van der Waals surface area contributed by atoms with Crippen molar-refractivity contribution in [2.45, 2.75) is 37.7 Å². The smallest absolute Gasteiger partial charge is 0.203 e. The summed E-state index contributed by atoms with van der Waals surface area (Å²) in [7, 11) is 4.48. The van der Waals surface area contributed by atoms with Crippen LogP contribution in [0.1, 0.15) is 52.5 Å². The van der Waals surface area contributed by atoms with Gasteiger partial charge >= 0.3 is 0 Å². The highest BCUT2D eigenvalue weighted by atomic mass is 32.2. The first-order chi connectivity index (χ1) is 18.4. The Balaban J connectivity index is 1.81. The molecule has 0 aliphatic carbocycles. The van der Waals surface area contributed by atoms with E-state index >= 15 is 0 Å². The molecular formula is C30H34O7S. The lowest BCUT2D eigenvalue weighted by Crippen LogP contribution is -2.08. The lowest BCUT2D eigenvalue weighted by molar-refractivity contribution is 0.0916. The SMILES string of the molecule is CCCOc1c(OCc2ccccc2)cc(C(=O)CCC(=O)c2cc(OC)c(OC)c(OC)c2)cc1SC. The molecule has 0 saturated carbocycles. The van der Waals surface area contributed by atoms with E-state index in [1.807, 2.05) is 43.5 Å². The molecule has 0 spiro atoms. The van der Waals surface area contributed by atoms with Gasteiger partial charge in [-0.05, 0) is 42.5 Å². The summed E-state index contributed by atoms with van der Waals surface area (Å²) in [5.41, 5.74) is 1.86. The summed E-state index contributed by atoms with van der Waals surface area (Å²) in [4.78, 5) is 27.0. The Bertz CT molecular complexity index is 1220. The molecule has 202 valence electrons. The highest BCUT2D eigenvalue weighted by Crippen LogP contribution is 2.40. The summed E-state index contributed by atoms with van der Waals surface area (Å²) in [5.74, 6) is 1.94. The molecule has 0 aliphatic rings. The van der Waals surface area contributed by atoms with Crippen LogP contribution in [0.25, 0.3) is 0 Å². The van der Waals surface area contributed by atoms with Crippen molar-refractivity contribution in [3.8, 4) is 28.7 Å². The third-order valence-electron chi connectivity index (χ3n) is 5.82. The fourth-order valence-corrected chi connectivity index (χ4v) is 4.43. The van der Waals surface area contributed by atoms with E-state index in [0.717, 1.165) is 16.9 Å². The van der Waals surface area contributed by atoms with Crippen LogP contribution < -0.4 is 23.7 Å². The number of rotatable bonds is 15. The van der Waals surface area contributed by atoms with Crippen LogP contribution in [0.15, 0.2) is 59.5 Å². The first-order valence-electron chi connectivity index (χ1n) is 12.3. The molecule has 3 aromatic carbocycles. The highest BCUT2D eigenvalue weighted by Gasteiger charge is 2.20. The van der Waals surface area contributed by atoms with Crippen LogP contribution in [-0.2, 0) is 6.61 Å². The van der Waals surface area contributed by atoms with Crippen molar-refractivity contribution in [1.82, 2.24) is 0 Å². The Hall–Kier alpha value is -3.65. The monoisotopic (exact) mass is 538 g/mol. The molecule has 0 atom stereocenters. The number of hydrogen-bond acceptors (Lipinski definition) is 8. The third kappa shape index (κ3) is 7.22. The van der Waals surface area contributed by atoms with Gasteiger partial charge < -0.3 is 23.7 Å². The van der Waals surface area contributed by atoms with Crippen molar-refractivity contribution < 1.29 is 33.3 Å². The molecule has 0 aliphatic heterocycles. The van der Waals surface area contributed by atoms with Gasteiger partial charge in [0.1, 0.15) is 6.61 Å². The fourth-order valence-electron chi connectivity index (χ4n) is 3.84. The molecule has 0 aromatic heterocycles. The van der Waals surface area contributed by atoms with Gasteiger partial charge in [-0.2, -0.15) is 0 Å². The molecule has 0 saturated heterocycles. The van der Waals surface area contributed by atoms with Crippen LogP contribution >= 0.6 is 11.8 Å². The standard InChI is InChI=1S/C30H34O7S/c1-6-14-36-30-27(37-19-20-10-8-7-9-11-20)17-22(18-28(30)38-5)24(32)13-12-23(31)21-15-25(33-2)29(35-4)26(16-21)34-3/h7-11,15-18H,6,12-14,19H2,1-5H3. The van der Waals surface area contributed by atoms with Crippen molar-refractivity contribution >= 4 is 23.3 Å². The topological polar surface area (TPSA) is 80.3 Å². The Labute approximate surface area is 228 Å². The number of ketones is 2. The van der Waals surface area contributed by atoms with E-state index in [-0.39, 0.29) is 24.4 Å². The largest absolute Gasteiger partial charge is 0.493 e. The van der Waals surface area contributed by atoms with Crippen LogP contribution in [0.5, 0.6) is 28.7 Å². The molecular weight excluding hydrogens is 504 g/mol. The van der Waals surface area contributed by atoms with Crippen molar-refractivity contribution in [1.29, 1.82) is 0 Å². The van der Waals surface area contributed by atoms with Gasteiger partial charge in [0.2, 0.25) is 5.75 Å². The maximum atomic E-state index is 13.2. The molecule has 3 aromatic rings. The van der Waals surface area contributed by atoms with Crippen molar-refractivity contribution in [2.75, 3.05) is 34.2 Å². The molecule has 0 unspecified atom stereocenters. The summed E-state index contributed by atoms with van der Waals surface area (Å²) in [6.45, 7) is 2.91. The summed E-state index contributed by atoms with van der Waals surface area (Å²) in [5, 5.41) is 0. The number of methoxy groups -OCH3 is 3. The number of ether oxygens (including phenoxy) is 5. The Morgan fingerprint density at radius 3 is 1.84 bits per heavy atom. The van der Waals surface area contributed by atoms with Crippen LogP contribution in [0.3, 0.4) is 0 Å². The zero-order valence-corrected chi connectivity index (χ0v) is 23.3. The number of benzene rings is 3. The highest BCUT2D eigenvalue weighted by molar-refractivity contribution is 7.98. The Morgan fingerprint density at radius 1 is 0.737 bits per heavy atom. The number of Topliss-reactive ketones (excluding diaryl/α,β-unsaturated/α-hetero) is 2. The maximum absolute atomic E-state index is 13.2. The summed E-state index contributed by atoms with van der Waals surface area (Å²) >= 11 is 1.48. The van der Waals surface area contributed by atoms with Crippen LogP contribution in [0.4, 0.5) is 0 Å². The van der Waals surface area contributed by atoms with E-state index in [1.54, 1.807) is 24.3 Å². The number of hydrogen-bond donors (Lipinski definition) is 0. The second-order valence-electron chi connectivity index (χ2n) is 8.39. The Morgan fingerprint density at radius 2 is 1.32 bits per heavy atom. The predicted molar refractivity (Wildman–Crippen MR) is 149 cm³/mol. The molecule has 0 bridgehead atoms. The van der Waals surface area contributed by atoms with E-state index in [2.05, 4.69) is 0 Å². The van der Waals surface area contributed by atoms with Gasteiger partial charge in [0.05, 0.1) is 32.8 Å². The third-order valence-corrected chi connectivity index (χ3v) is 6.56. The van der Waals surface area contributed by atoms with E-state index < -0.39 is 0 Å². The normalized spacial score (nSPS) is 10.6. The molecule has 0 fully saturated rings. The minimum Gasteiger partial charge on any atom is -0.493 e. The molecule has 0 amide bonds. The molecule has 0 radical (unpaired) electrons. The second-order valence-corrected chi connectivity index (χ2v) is 9.24. The van der Waals surface area contributed by atoms with Gasteiger partial charge in [-0.3, -0.25) is 9.59 Å². The lowest BCUT2D eigenvalue weighted by Gasteiger charge is -2.17. The van der Waals surface area contributed by atoms with Gasteiger partial charge in [0.15, 0.2) is 34.6 Å². The average molecular weight is 539 g/mol. The molecule has 8 heteroatoms. The maximum Gasteiger partial charge on any atom is 0.203 e. The van der Waals surface area contributed by atoms with E-state index in [4.69, 9.17) is 23.7 Å². The quantitative estimate of drug-likeness (QED) is 0.157. The fraction of sp³-hybridized carbons (Fsp3) is 0.333. The zero-order valence-electron chi connectivity index (χ0n) is 22.5. The van der Waals surface area contributed by atoms with Crippen molar-refractivity contribution in [2.24, 2.45) is 0 Å². The van der Waals surface area contributed by atoms with Gasteiger partial charge in [0.25, 0.3) is 0 Å². The number of carbonyl (C=O) groups excluding carboxylic acids is 2. The predicted octanol–water partition coefficient (Wildman–Crippen LogP) is 6.65. The second kappa shape index (κ2) is 14.3. The summed E-state index contributed by atoms with van der Waals surface area (Å²) in [6, 6.07) is 16.5. The van der Waals surface area contributed by atoms with Crippen LogP contribution in [0.2, 0.25) is 0 Å². The average Bonchev–Trinajstić information content (AvgIpc) is 2.96. The summed E-state index contributed by atoms with van der Waals surface area (Å²) in [6.07, 6.45) is 2.84. The molecule has 7 nitrogen and oxygen atoms in total. The molecule has 3 rings (SSSR count). The lowest BCUT2D eigenvalue weighted by atomic mass is 10.0. The Kier molecular flexibility index (Phi) is 10.9. The number of carbonyl (C=O) groups is 2. The molecule has 0 N–H and O–H groups in total. The first-order valence-corrected chi connectivity index (χ1v) is 13.6. The minimum absolute atomic E-state index is 0.0281. The van der Waals surface area contributed by atoms with E-state index in [9.17, 15) is 9.59 Å². The van der Waals surface area contributed by atoms with E-state index in [1.165, 1.54) is 33.1 Å². The molecule has 0 heterocycles. The van der Waals surface area contributed by atoms with Gasteiger partial charge in [-0.25, -0.2) is 0 Å².